The first-order valence-electron chi connectivity index (χ1n) is 6.46. The fourth-order valence-electron chi connectivity index (χ4n) is 2.44. The summed E-state index contributed by atoms with van der Waals surface area (Å²) in [5.41, 5.74) is 0.496. The van der Waals surface area contributed by atoms with Gasteiger partial charge in [0.25, 0.3) is 0 Å². The van der Waals surface area contributed by atoms with E-state index in [1.807, 2.05) is 13.8 Å². The predicted molar refractivity (Wildman–Crippen MR) is 77.7 cm³/mol. The van der Waals surface area contributed by atoms with Crippen LogP contribution in [-0.2, 0) is 15.8 Å². The van der Waals surface area contributed by atoms with Gasteiger partial charge in [-0.2, -0.15) is 4.31 Å². The lowest BCUT2D eigenvalue weighted by Gasteiger charge is -2.35. The van der Waals surface area contributed by atoms with Gasteiger partial charge in [-0.15, -0.1) is 0 Å². The monoisotopic (exact) mass is 320 g/mol. The van der Waals surface area contributed by atoms with Crippen LogP contribution in [0.15, 0.2) is 18.2 Å². The molecule has 0 radical (unpaired) electrons. The quantitative estimate of drug-likeness (QED) is 0.926. The number of hydrogen-bond acceptors (Lipinski definition) is 3. The number of hydrogen-bond donors (Lipinski definition) is 1. The van der Waals surface area contributed by atoms with Gasteiger partial charge in [0.2, 0.25) is 10.0 Å². The lowest BCUT2D eigenvalue weighted by Crippen LogP contribution is -2.55. The van der Waals surface area contributed by atoms with E-state index in [-0.39, 0.29) is 22.9 Å². The SMILES string of the molecule is CC1CN(S(=O)(=O)Cc2ccc(F)c(Cl)c2)CC(C)N1. The van der Waals surface area contributed by atoms with Gasteiger partial charge in [0.05, 0.1) is 10.8 Å². The molecule has 0 aromatic heterocycles. The highest BCUT2D eigenvalue weighted by Crippen LogP contribution is 2.20. The van der Waals surface area contributed by atoms with Crippen molar-refractivity contribution in [1.82, 2.24) is 9.62 Å². The van der Waals surface area contributed by atoms with Gasteiger partial charge in [0.1, 0.15) is 5.82 Å². The maximum Gasteiger partial charge on any atom is 0.218 e. The van der Waals surface area contributed by atoms with E-state index in [9.17, 15) is 12.8 Å². The molecule has 1 saturated heterocycles. The Morgan fingerprint density at radius 1 is 1.35 bits per heavy atom. The van der Waals surface area contributed by atoms with Crippen molar-refractivity contribution < 1.29 is 12.8 Å². The average Bonchev–Trinajstić information content (AvgIpc) is 2.32. The standard InChI is InChI=1S/C13H18ClFN2O2S/c1-9-6-17(7-10(2)16-9)20(18,19)8-11-3-4-13(15)12(14)5-11/h3-5,9-10,16H,6-8H2,1-2H3. The maximum absolute atomic E-state index is 13.1. The zero-order valence-corrected chi connectivity index (χ0v) is 13.0. The summed E-state index contributed by atoms with van der Waals surface area (Å²) in [4.78, 5) is 0. The highest BCUT2D eigenvalue weighted by molar-refractivity contribution is 7.88. The molecule has 1 aromatic carbocycles. The Morgan fingerprint density at radius 3 is 2.50 bits per heavy atom. The number of nitrogens with zero attached hydrogens (tertiary/aromatic N) is 1. The molecule has 1 aliphatic heterocycles. The molecule has 20 heavy (non-hydrogen) atoms. The van der Waals surface area contributed by atoms with Gasteiger partial charge < -0.3 is 5.32 Å². The Morgan fingerprint density at radius 2 is 1.95 bits per heavy atom. The molecule has 2 atom stereocenters. The van der Waals surface area contributed by atoms with E-state index >= 15 is 0 Å². The minimum Gasteiger partial charge on any atom is -0.309 e. The van der Waals surface area contributed by atoms with Crippen molar-refractivity contribution in [2.45, 2.75) is 31.7 Å². The van der Waals surface area contributed by atoms with Crippen molar-refractivity contribution in [3.8, 4) is 0 Å². The van der Waals surface area contributed by atoms with E-state index in [2.05, 4.69) is 5.32 Å². The Kier molecular flexibility index (Phi) is 4.69. The molecular weight excluding hydrogens is 303 g/mol. The summed E-state index contributed by atoms with van der Waals surface area (Å²) in [7, 11) is -3.42. The van der Waals surface area contributed by atoms with Crippen LogP contribution in [0.3, 0.4) is 0 Å². The summed E-state index contributed by atoms with van der Waals surface area (Å²) in [5.74, 6) is -0.705. The van der Waals surface area contributed by atoms with E-state index < -0.39 is 15.8 Å². The summed E-state index contributed by atoms with van der Waals surface area (Å²) in [5, 5.41) is 3.23. The Labute approximate surface area is 124 Å². The van der Waals surface area contributed by atoms with Crippen LogP contribution in [0.4, 0.5) is 4.39 Å². The van der Waals surface area contributed by atoms with E-state index in [0.717, 1.165) is 0 Å². The molecule has 4 nitrogen and oxygen atoms in total. The van der Waals surface area contributed by atoms with Crippen LogP contribution in [0, 0.1) is 5.82 Å². The topological polar surface area (TPSA) is 49.4 Å². The third-order valence-electron chi connectivity index (χ3n) is 3.25. The summed E-state index contributed by atoms with van der Waals surface area (Å²) < 4.78 is 39.4. The molecule has 112 valence electrons. The van der Waals surface area contributed by atoms with Crippen molar-refractivity contribution in [1.29, 1.82) is 0 Å². The maximum atomic E-state index is 13.1. The lowest BCUT2D eigenvalue weighted by molar-refractivity contribution is 0.262. The zero-order valence-electron chi connectivity index (χ0n) is 11.4. The first-order chi connectivity index (χ1) is 9.28. The normalized spacial score (nSPS) is 24.8. The van der Waals surface area contributed by atoms with Gasteiger partial charge in [-0.1, -0.05) is 17.7 Å². The third-order valence-corrected chi connectivity index (χ3v) is 5.32. The first-order valence-corrected chi connectivity index (χ1v) is 8.44. The summed E-state index contributed by atoms with van der Waals surface area (Å²) >= 11 is 5.68. The fourth-order valence-corrected chi connectivity index (χ4v) is 4.32. The van der Waals surface area contributed by atoms with E-state index in [0.29, 0.717) is 18.7 Å². The highest BCUT2D eigenvalue weighted by atomic mass is 35.5. The number of piperazine rings is 1. The van der Waals surface area contributed by atoms with Crippen molar-refractivity contribution in [2.24, 2.45) is 0 Å². The molecule has 1 heterocycles. The molecular formula is C13H18ClFN2O2S. The molecule has 1 aromatic rings. The number of benzene rings is 1. The van der Waals surface area contributed by atoms with Crippen LogP contribution in [0.25, 0.3) is 0 Å². The molecule has 0 amide bonds. The Balaban J connectivity index is 2.16. The molecule has 1 N–H and O–H groups in total. The molecule has 0 bridgehead atoms. The molecule has 7 heteroatoms. The predicted octanol–water partition coefficient (Wildman–Crippen LogP) is 1.99. The van der Waals surface area contributed by atoms with E-state index in [1.165, 1.54) is 22.5 Å². The molecule has 2 rings (SSSR count). The minimum absolute atomic E-state index is 0.0558. The van der Waals surface area contributed by atoms with E-state index in [1.54, 1.807) is 0 Å². The second-order valence-electron chi connectivity index (χ2n) is 5.29. The molecule has 0 spiro atoms. The summed E-state index contributed by atoms with van der Waals surface area (Å²) in [6.07, 6.45) is 0. The van der Waals surface area contributed by atoms with Crippen molar-refractivity contribution in [2.75, 3.05) is 13.1 Å². The number of nitrogens with one attached hydrogen (secondary N) is 1. The van der Waals surface area contributed by atoms with Crippen molar-refractivity contribution >= 4 is 21.6 Å². The van der Waals surface area contributed by atoms with Crippen LogP contribution >= 0.6 is 11.6 Å². The third kappa shape index (κ3) is 3.69. The molecule has 0 saturated carbocycles. The Bertz CT molecular complexity index is 584. The molecule has 0 aliphatic carbocycles. The minimum atomic E-state index is -3.42. The summed E-state index contributed by atoms with van der Waals surface area (Å²) in [6, 6.07) is 4.24. The van der Waals surface area contributed by atoms with Gasteiger partial charge in [0.15, 0.2) is 0 Å². The number of halogens is 2. The second kappa shape index (κ2) is 5.97. The van der Waals surface area contributed by atoms with Crippen molar-refractivity contribution in [3.63, 3.8) is 0 Å². The average molecular weight is 321 g/mol. The van der Waals surface area contributed by atoms with Gasteiger partial charge in [-0.05, 0) is 31.5 Å². The van der Waals surface area contributed by atoms with Crippen LogP contribution in [0.5, 0.6) is 0 Å². The number of sulfonamides is 1. The lowest BCUT2D eigenvalue weighted by atomic mass is 10.2. The fraction of sp³-hybridized carbons (Fsp3) is 0.538. The van der Waals surface area contributed by atoms with Crippen LogP contribution in [0.2, 0.25) is 5.02 Å². The zero-order chi connectivity index (χ0) is 14.9. The molecule has 1 aliphatic rings. The van der Waals surface area contributed by atoms with Gasteiger partial charge >= 0.3 is 0 Å². The van der Waals surface area contributed by atoms with Gasteiger partial charge in [-0.25, -0.2) is 12.8 Å². The van der Waals surface area contributed by atoms with Gasteiger partial charge in [0, 0.05) is 25.2 Å². The van der Waals surface area contributed by atoms with Gasteiger partial charge in [-0.3, -0.25) is 0 Å². The molecule has 1 fully saturated rings. The first kappa shape index (κ1) is 15.7. The number of rotatable bonds is 3. The smallest absolute Gasteiger partial charge is 0.218 e. The van der Waals surface area contributed by atoms with E-state index in [4.69, 9.17) is 11.6 Å². The van der Waals surface area contributed by atoms with Crippen LogP contribution in [-0.4, -0.2) is 37.9 Å². The summed E-state index contributed by atoms with van der Waals surface area (Å²) in [6.45, 7) is 4.79. The molecule has 2 unspecified atom stereocenters. The Hall–Kier alpha value is -0.690. The van der Waals surface area contributed by atoms with Crippen LogP contribution in [0.1, 0.15) is 19.4 Å². The largest absolute Gasteiger partial charge is 0.309 e. The highest BCUT2D eigenvalue weighted by Gasteiger charge is 2.30. The second-order valence-corrected chi connectivity index (χ2v) is 7.67. The van der Waals surface area contributed by atoms with Crippen molar-refractivity contribution in [3.05, 3.63) is 34.6 Å². The van der Waals surface area contributed by atoms with Crippen LogP contribution < -0.4 is 5.32 Å².